The van der Waals surface area contributed by atoms with E-state index in [1.807, 2.05) is 133 Å². The standard InChI is InChI=1S/C62H81N3O6S2/c1-58(2,3)49-37-47(38-50(57(49)70)59(4,5)6)72-55(68)35-33-53(66)65(44-23-19-16-20-24-44)46-31-27-42(28-32-46)63-41-25-29-45(30-26-41)64(43-21-17-14-15-18-22-43)54(67)34-36-56(69)73-48-39-51(60(7,8)9)62(13,71)52(40-48)61(10,11)12/h14-15,17-19,21,23-27,29-31,37-39,48,52,63,70-71H,16,20,22,28,32-36,40H2,1-13H3/t48-,52?,62+/m0/s1. The first-order valence-electron chi connectivity index (χ1n) is 26.1. The number of nitrogens with one attached hydrogen (secondary N) is 1. The quantitative estimate of drug-likeness (QED) is 0.125. The third-order valence-electron chi connectivity index (χ3n) is 14.0. The average Bonchev–Trinajstić information content (AvgIpc) is 3.58. The number of carbonyl (C=O) groups is 4. The molecule has 4 aliphatic rings. The van der Waals surface area contributed by atoms with Gasteiger partial charge < -0.3 is 15.5 Å². The number of amides is 2. The average molecular weight is 1030 g/mol. The summed E-state index contributed by atoms with van der Waals surface area (Å²) in [5, 5.41) is 26.3. The molecule has 0 spiro atoms. The Morgan fingerprint density at radius 2 is 1.34 bits per heavy atom. The van der Waals surface area contributed by atoms with Gasteiger partial charge in [-0.15, -0.1) is 0 Å². The maximum absolute atomic E-state index is 14.2. The van der Waals surface area contributed by atoms with Crippen LogP contribution in [0.25, 0.3) is 0 Å². The van der Waals surface area contributed by atoms with Crippen LogP contribution in [-0.4, -0.2) is 48.0 Å². The molecule has 4 aliphatic carbocycles. The normalized spacial score (nSPS) is 20.5. The molecule has 2 aromatic carbocycles. The number of phenolic OH excluding ortho intramolecular Hbond substituents is 1. The SMILES string of the molecule is CC(C)(C)C1=C[C@H](SC(=O)CCC(=O)N(C2=CC=CC=CC2)c2ccc(NC3=CC=C(N(C(=O)CCC(=O)Sc4cc(C(C)(C)C)c(O)c(C(C)(C)C)c4)C4=CCCC=C4)CC3)cc2)CC(C(C)(C)C)[C@]1(C)O. The number of aromatic hydroxyl groups is 1. The minimum Gasteiger partial charge on any atom is -0.507 e. The highest BCUT2D eigenvalue weighted by Gasteiger charge is 2.49. The molecule has 0 radical (unpaired) electrons. The van der Waals surface area contributed by atoms with Gasteiger partial charge in [0.15, 0.2) is 10.2 Å². The first-order valence-corrected chi connectivity index (χ1v) is 27.8. The molecule has 73 heavy (non-hydrogen) atoms. The monoisotopic (exact) mass is 1030 g/mol. The Labute approximate surface area is 445 Å². The van der Waals surface area contributed by atoms with Crippen LogP contribution in [0.3, 0.4) is 0 Å². The summed E-state index contributed by atoms with van der Waals surface area (Å²) in [7, 11) is 0. The van der Waals surface area contributed by atoms with E-state index in [0.717, 1.165) is 74.7 Å². The van der Waals surface area contributed by atoms with E-state index in [1.165, 1.54) is 11.8 Å². The smallest absolute Gasteiger partial charge is 0.231 e. The number of phenols is 1. The zero-order valence-electron chi connectivity index (χ0n) is 45.8. The molecule has 0 heterocycles. The molecule has 0 bridgehead atoms. The van der Waals surface area contributed by atoms with Crippen LogP contribution in [0.15, 0.2) is 136 Å². The van der Waals surface area contributed by atoms with E-state index in [2.05, 4.69) is 65.1 Å². The van der Waals surface area contributed by atoms with Gasteiger partial charge in [0.1, 0.15) is 5.75 Å². The summed E-state index contributed by atoms with van der Waals surface area (Å²) < 4.78 is 0. The third-order valence-corrected chi connectivity index (χ3v) is 16.0. The third kappa shape index (κ3) is 14.8. The highest BCUT2D eigenvalue weighted by atomic mass is 32.2. The van der Waals surface area contributed by atoms with Crippen molar-refractivity contribution < 1.29 is 29.4 Å². The summed E-state index contributed by atoms with van der Waals surface area (Å²) in [6.07, 6.45) is 26.5. The Balaban J connectivity index is 1.12. The maximum Gasteiger partial charge on any atom is 0.231 e. The van der Waals surface area contributed by atoms with Crippen LogP contribution in [-0.2, 0) is 30.0 Å². The van der Waals surface area contributed by atoms with Crippen LogP contribution >= 0.6 is 23.5 Å². The van der Waals surface area contributed by atoms with Gasteiger partial charge in [0.2, 0.25) is 11.8 Å². The highest BCUT2D eigenvalue weighted by Crippen LogP contribution is 2.52. The number of thioether (sulfide) groups is 2. The van der Waals surface area contributed by atoms with Crippen molar-refractivity contribution in [2.75, 3.05) is 10.2 Å². The molecule has 0 aliphatic heterocycles. The Kier molecular flexibility index (Phi) is 18.2. The van der Waals surface area contributed by atoms with Crippen molar-refractivity contribution in [1.29, 1.82) is 0 Å². The number of benzene rings is 2. The Morgan fingerprint density at radius 1 is 0.712 bits per heavy atom. The van der Waals surface area contributed by atoms with Crippen LogP contribution < -0.4 is 10.2 Å². The number of hydrogen-bond acceptors (Lipinski definition) is 9. The number of nitrogens with zero attached hydrogens (tertiary/aromatic N) is 2. The summed E-state index contributed by atoms with van der Waals surface area (Å²) in [5.41, 5.74) is 5.49. The number of hydrogen-bond donors (Lipinski definition) is 3. The summed E-state index contributed by atoms with van der Waals surface area (Å²) in [6.45, 7) is 27.0. The Hall–Kier alpha value is -5.10. The minimum atomic E-state index is -0.993. The lowest BCUT2D eigenvalue weighted by atomic mass is 9.60. The summed E-state index contributed by atoms with van der Waals surface area (Å²) >= 11 is 2.42. The summed E-state index contributed by atoms with van der Waals surface area (Å²) in [4.78, 5) is 59.8. The zero-order valence-corrected chi connectivity index (χ0v) is 47.4. The molecule has 0 aromatic heterocycles. The lowest BCUT2D eigenvalue weighted by molar-refractivity contribution is -0.129. The zero-order chi connectivity index (χ0) is 53.7. The van der Waals surface area contributed by atoms with Crippen LogP contribution in [0.2, 0.25) is 0 Å². The number of aliphatic hydroxyl groups is 1. The van der Waals surface area contributed by atoms with Gasteiger partial charge in [-0.25, -0.2) is 0 Å². The molecule has 9 nitrogen and oxygen atoms in total. The lowest BCUT2D eigenvalue weighted by Crippen LogP contribution is -2.50. The van der Waals surface area contributed by atoms with Crippen molar-refractivity contribution >= 4 is 56.9 Å². The van der Waals surface area contributed by atoms with Crippen molar-refractivity contribution in [3.63, 3.8) is 0 Å². The lowest BCUT2D eigenvalue weighted by Gasteiger charge is -2.50. The van der Waals surface area contributed by atoms with E-state index in [0.29, 0.717) is 31.4 Å². The van der Waals surface area contributed by atoms with Gasteiger partial charge in [-0.05, 0) is 133 Å². The van der Waals surface area contributed by atoms with E-state index >= 15 is 0 Å². The number of rotatable bonds is 14. The molecule has 2 amide bonds. The fourth-order valence-electron chi connectivity index (χ4n) is 10.5. The van der Waals surface area contributed by atoms with Crippen molar-refractivity contribution in [2.24, 2.45) is 16.7 Å². The first-order chi connectivity index (χ1) is 34.0. The predicted molar refractivity (Wildman–Crippen MR) is 304 cm³/mol. The van der Waals surface area contributed by atoms with Gasteiger partial charge in [0, 0.05) is 87.5 Å². The van der Waals surface area contributed by atoms with Crippen LogP contribution in [0.4, 0.5) is 11.4 Å². The molecule has 392 valence electrons. The molecule has 6 rings (SSSR count). The second kappa shape index (κ2) is 23.2. The molecular weight excluding hydrogens is 947 g/mol. The minimum absolute atomic E-state index is 0.0378. The predicted octanol–water partition coefficient (Wildman–Crippen LogP) is 15.1. The molecular formula is C62H81N3O6S2. The van der Waals surface area contributed by atoms with Crippen LogP contribution in [0.1, 0.15) is 165 Å². The van der Waals surface area contributed by atoms with Crippen LogP contribution in [0, 0.1) is 16.7 Å². The fraction of sp³-hybridized carbons (Fsp3) is 0.484. The Bertz CT molecular complexity index is 2630. The van der Waals surface area contributed by atoms with Crippen molar-refractivity contribution in [1.82, 2.24) is 4.90 Å². The van der Waals surface area contributed by atoms with Crippen molar-refractivity contribution in [3.05, 3.63) is 143 Å². The molecule has 0 saturated carbocycles. The van der Waals surface area contributed by atoms with E-state index < -0.39 is 5.60 Å². The number of carbonyl (C=O) groups excluding carboxylic acids is 4. The molecule has 3 atom stereocenters. The molecule has 11 heteroatoms. The number of anilines is 2. The van der Waals surface area contributed by atoms with Crippen LogP contribution in [0.5, 0.6) is 5.75 Å². The topological polar surface area (TPSA) is 127 Å². The van der Waals surface area contributed by atoms with Crippen molar-refractivity contribution in [2.45, 2.75) is 181 Å². The van der Waals surface area contributed by atoms with Gasteiger partial charge in [0.25, 0.3) is 0 Å². The van der Waals surface area contributed by atoms with Gasteiger partial charge >= 0.3 is 0 Å². The van der Waals surface area contributed by atoms with E-state index in [1.54, 1.807) is 9.80 Å². The number of allylic oxidation sites excluding steroid dienone is 12. The maximum atomic E-state index is 14.2. The molecule has 0 fully saturated rings. The van der Waals surface area contributed by atoms with E-state index in [9.17, 15) is 29.4 Å². The molecule has 0 saturated heterocycles. The second-order valence-electron chi connectivity index (χ2n) is 24.3. The highest BCUT2D eigenvalue weighted by molar-refractivity contribution is 8.14. The second-order valence-corrected chi connectivity index (χ2v) is 26.7. The first kappa shape index (κ1) is 57.2. The molecule has 3 N–H and O–H groups in total. The van der Waals surface area contributed by atoms with E-state index in [-0.39, 0.29) is 86.3 Å². The van der Waals surface area contributed by atoms with Gasteiger partial charge in [0.05, 0.1) is 5.60 Å². The van der Waals surface area contributed by atoms with E-state index in [4.69, 9.17) is 0 Å². The summed E-state index contributed by atoms with van der Waals surface area (Å²) in [6, 6.07) is 11.6. The van der Waals surface area contributed by atoms with Gasteiger partial charge in [-0.2, -0.15) is 0 Å². The molecule has 1 unspecified atom stereocenters. The van der Waals surface area contributed by atoms with Gasteiger partial charge in [-0.3, -0.25) is 29.0 Å². The molecule has 2 aromatic rings. The van der Waals surface area contributed by atoms with Gasteiger partial charge in [-0.1, -0.05) is 149 Å². The van der Waals surface area contributed by atoms with Crippen molar-refractivity contribution in [3.8, 4) is 5.75 Å². The largest absolute Gasteiger partial charge is 0.507 e. The fourth-order valence-corrected chi connectivity index (χ4v) is 12.3. The summed E-state index contributed by atoms with van der Waals surface area (Å²) in [5.74, 6) is -0.0659. The Morgan fingerprint density at radius 3 is 1.90 bits per heavy atom.